The van der Waals surface area contributed by atoms with E-state index in [0.29, 0.717) is 42.8 Å². The highest BCUT2D eigenvalue weighted by Gasteiger charge is 2.18. The van der Waals surface area contributed by atoms with E-state index in [4.69, 9.17) is 16.6 Å². The molecule has 0 saturated carbocycles. The van der Waals surface area contributed by atoms with E-state index in [2.05, 4.69) is 0 Å². The average molecular weight is 292 g/mol. The van der Waals surface area contributed by atoms with E-state index < -0.39 is 12.5 Å². The zero-order valence-corrected chi connectivity index (χ0v) is 11.7. The number of furan rings is 1. The lowest BCUT2D eigenvalue weighted by molar-refractivity contribution is 0.0498. The lowest BCUT2D eigenvalue weighted by atomic mass is 10.0. The van der Waals surface area contributed by atoms with Crippen LogP contribution in [0, 0.1) is 12.8 Å². The lowest BCUT2D eigenvalue weighted by Crippen LogP contribution is -2.21. The first-order valence-corrected chi connectivity index (χ1v) is 6.91. The zero-order chi connectivity index (χ0) is 16.6. The monoisotopic (exact) mass is 292 g/mol. The first kappa shape index (κ1) is 11.6. The van der Waals surface area contributed by atoms with Gasteiger partial charge in [0.15, 0.2) is 0 Å². The number of carbonyl (C=O) groups is 1. The molecule has 0 amide bonds. The summed E-state index contributed by atoms with van der Waals surface area (Å²) in [5, 5.41) is 9.70. The van der Waals surface area contributed by atoms with Crippen molar-refractivity contribution in [2.75, 3.05) is 19.8 Å². The Morgan fingerprint density at radius 1 is 1.48 bits per heavy atom. The van der Waals surface area contributed by atoms with Gasteiger partial charge in [-0.25, -0.2) is 4.79 Å². The fourth-order valence-corrected chi connectivity index (χ4v) is 2.50. The van der Waals surface area contributed by atoms with Crippen LogP contribution in [0.2, 0.25) is 0 Å². The van der Waals surface area contributed by atoms with Crippen molar-refractivity contribution in [3.8, 4) is 5.75 Å². The molecule has 0 aliphatic carbocycles. The molecule has 0 bridgehead atoms. The van der Waals surface area contributed by atoms with Gasteiger partial charge >= 0.3 is 5.97 Å². The summed E-state index contributed by atoms with van der Waals surface area (Å²) in [6.45, 7) is 0.804. The molecule has 1 aromatic heterocycles. The van der Waals surface area contributed by atoms with E-state index >= 15 is 0 Å². The van der Waals surface area contributed by atoms with Gasteiger partial charge < -0.3 is 19.0 Å². The van der Waals surface area contributed by atoms with Crippen LogP contribution in [0.15, 0.2) is 22.6 Å². The van der Waals surface area contributed by atoms with Gasteiger partial charge in [-0.2, -0.15) is 0 Å². The highest BCUT2D eigenvalue weighted by Crippen LogP contribution is 2.29. The van der Waals surface area contributed by atoms with E-state index in [1.54, 1.807) is 19.1 Å². The van der Waals surface area contributed by atoms with Gasteiger partial charge in [-0.15, -0.1) is 0 Å². The van der Waals surface area contributed by atoms with Crippen LogP contribution in [-0.4, -0.2) is 30.8 Å². The Balaban J connectivity index is 1.90. The predicted octanol–water partition coefficient (Wildman–Crippen LogP) is 3.24. The number of carboxylic acids is 1. The maximum absolute atomic E-state index is 11.4. The molecular formula is C16H18O5. The van der Waals surface area contributed by atoms with Crippen LogP contribution in [-0.2, 0) is 4.74 Å². The van der Waals surface area contributed by atoms with Gasteiger partial charge in [-0.3, -0.25) is 0 Å². The molecule has 5 heteroatoms. The van der Waals surface area contributed by atoms with Crippen LogP contribution in [0.3, 0.4) is 0 Å². The Kier molecular flexibility index (Phi) is 3.20. The van der Waals surface area contributed by atoms with E-state index in [9.17, 15) is 9.90 Å². The van der Waals surface area contributed by atoms with Crippen molar-refractivity contribution in [3.63, 3.8) is 0 Å². The van der Waals surface area contributed by atoms with Gasteiger partial charge in [0.1, 0.15) is 22.7 Å². The highest BCUT2D eigenvalue weighted by atomic mass is 16.5. The third-order valence-electron chi connectivity index (χ3n) is 3.61. The minimum Gasteiger partial charge on any atom is -0.493 e. The topological polar surface area (TPSA) is 68.9 Å². The molecule has 1 saturated heterocycles. The number of hydrogen-bond donors (Lipinski definition) is 1. The summed E-state index contributed by atoms with van der Waals surface area (Å²) in [6.07, 6.45) is 1.20. The number of fused-ring (bicyclic) bond motifs is 1. The van der Waals surface area contributed by atoms with Gasteiger partial charge in [0.05, 0.1) is 9.30 Å². The summed E-state index contributed by atoms with van der Waals surface area (Å²) in [7, 11) is 0. The normalized spacial score (nSPS) is 18.3. The van der Waals surface area contributed by atoms with Gasteiger partial charge in [0, 0.05) is 18.6 Å². The summed E-state index contributed by atoms with van der Waals surface area (Å²) in [5.74, 6) is -0.725. The molecule has 1 fully saturated rings. The highest BCUT2D eigenvalue weighted by molar-refractivity contribution is 6.03. The summed E-state index contributed by atoms with van der Waals surface area (Å²) in [5.41, 5.74) is 0.524. The molecule has 0 unspecified atom stereocenters. The van der Waals surface area contributed by atoms with E-state index in [1.807, 2.05) is 0 Å². The Labute approximate surface area is 125 Å². The number of hydrogen-bond acceptors (Lipinski definition) is 4. The van der Waals surface area contributed by atoms with Crippen molar-refractivity contribution in [2.45, 2.75) is 19.8 Å². The van der Waals surface area contributed by atoms with Gasteiger partial charge in [-0.05, 0) is 43.9 Å². The van der Waals surface area contributed by atoms with Gasteiger partial charge in [-0.1, -0.05) is 0 Å². The number of ether oxygens (including phenoxy) is 2. The minimum atomic E-state index is -1.83. The van der Waals surface area contributed by atoms with Crippen molar-refractivity contribution in [1.82, 2.24) is 0 Å². The summed E-state index contributed by atoms with van der Waals surface area (Å²) >= 11 is 0. The van der Waals surface area contributed by atoms with Crippen molar-refractivity contribution >= 4 is 16.9 Å². The SMILES string of the molecule is [2H]C([2H])(Oc1ccc2oc(C)c(C(=O)O)c2c1)C1CCOCC1. The van der Waals surface area contributed by atoms with Crippen molar-refractivity contribution in [2.24, 2.45) is 5.92 Å². The Morgan fingerprint density at radius 2 is 2.24 bits per heavy atom. The maximum Gasteiger partial charge on any atom is 0.339 e. The average Bonchev–Trinajstić information content (AvgIpc) is 2.83. The molecule has 112 valence electrons. The van der Waals surface area contributed by atoms with Crippen LogP contribution in [0.4, 0.5) is 0 Å². The smallest absolute Gasteiger partial charge is 0.339 e. The van der Waals surface area contributed by atoms with Crippen LogP contribution in [0.5, 0.6) is 5.75 Å². The zero-order valence-electron chi connectivity index (χ0n) is 13.7. The fraction of sp³-hybridized carbons (Fsp3) is 0.438. The molecule has 0 atom stereocenters. The third kappa shape index (κ3) is 2.88. The molecule has 1 aromatic carbocycles. The molecule has 0 spiro atoms. The number of benzene rings is 1. The molecule has 3 rings (SSSR count). The summed E-state index contributed by atoms with van der Waals surface area (Å²) in [6, 6.07) is 4.71. The molecule has 2 aromatic rings. The van der Waals surface area contributed by atoms with Crippen molar-refractivity contribution in [3.05, 3.63) is 29.5 Å². The summed E-state index contributed by atoms with van der Waals surface area (Å²) in [4.78, 5) is 11.4. The Morgan fingerprint density at radius 3 is 2.95 bits per heavy atom. The molecule has 0 radical (unpaired) electrons. The maximum atomic E-state index is 11.4. The second-order valence-corrected chi connectivity index (χ2v) is 5.10. The van der Waals surface area contributed by atoms with Crippen LogP contribution in [0.1, 0.15) is 31.7 Å². The van der Waals surface area contributed by atoms with Crippen LogP contribution < -0.4 is 4.74 Å². The van der Waals surface area contributed by atoms with Crippen LogP contribution >= 0.6 is 0 Å². The summed E-state index contributed by atoms with van der Waals surface area (Å²) < 4.78 is 32.5. The third-order valence-corrected chi connectivity index (χ3v) is 3.61. The van der Waals surface area contributed by atoms with E-state index in [1.165, 1.54) is 6.07 Å². The predicted molar refractivity (Wildman–Crippen MR) is 76.9 cm³/mol. The quantitative estimate of drug-likeness (QED) is 0.936. The molecule has 1 aliphatic heterocycles. The van der Waals surface area contributed by atoms with E-state index in [-0.39, 0.29) is 17.2 Å². The molecule has 5 nitrogen and oxygen atoms in total. The Bertz CT molecular complexity index is 731. The lowest BCUT2D eigenvalue weighted by Gasteiger charge is -2.22. The first-order chi connectivity index (χ1) is 10.9. The molecule has 1 N–H and O–H groups in total. The molecule has 1 aliphatic rings. The van der Waals surface area contributed by atoms with Gasteiger partial charge in [0.25, 0.3) is 0 Å². The second-order valence-electron chi connectivity index (χ2n) is 5.10. The molecule has 2 heterocycles. The number of rotatable bonds is 4. The number of aryl methyl sites for hydroxylation is 1. The fourth-order valence-electron chi connectivity index (χ4n) is 2.50. The van der Waals surface area contributed by atoms with E-state index in [0.717, 1.165) is 0 Å². The standard InChI is InChI=1S/C16H18O5/c1-10-15(16(17)18)13-8-12(2-3-14(13)21-10)20-9-11-4-6-19-7-5-11/h2-3,8,11H,4-7,9H2,1H3,(H,17,18)/i9D2. The Hall–Kier alpha value is -2.01. The number of carboxylic acid groups (broad SMARTS) is 1. The van der Waals surface area contributed by atoms with Crippen molar-refractivity contribution in [1.29, 1.82) is 0 Å². The largest absolute Gasteiger partial charge is 0.493 e. The molecular weight excluding hydrogens is 272 g/mol. The second kappa shape index (κ2) is 5.77. The number of aromatic carboxylic acids is 1. The minimum absolute atomic E-state index is 0.0806. The first-order valence-electron chi connectivity index (χ1n) is 7.91. The van der Waals surface area contributed by atoms with Crippen LogP contribution in [0.25, 0.3) is 11.0 Å². The molecule has 21 heavy (non-hydrogen) atoms. The van der Waals surface area contributed by atoms with Gasteiger partial charge in [0.2, 0.25) is 0 Å². The van der Waals surface area contributed by atoms with Crippen molar-refractivity contribution < 1.29 is 26.5 Å².